The molecule has 0 bridgehead atoms. The van der Waals surface area contributed by atoms with Gasteiger partial charge in [0.25, 0.3) is 0 Å². The van der Waals surface area contributed by atoms with Gasteiger partial charge in [-0.2, -0.15) is 0 Å². The van der Waals surface area contributed by atoms with Gasteiger partial charge in [0.1, 0.15) is 0 Å². The van der Waals surface area contributed by atoms with Crippen molar-refractivity contribution in [2.75, 3.05) is 0 Å². The van der Waals surface area contributed by atoms with Gasteiger partial charge in [0, 0.05) is 0 Å². The monoisotopic (exact) mass is 206 g/mol. The molecule has 0 nitrogen and oxygen atoms in total. The summed E-state index contributed by atoms with van der Waals surface area (Å²) in [6.07, 6.45) is 1.88. The summed E-state index contributed by atoms with van der Waals surface area (Å²) in [6, 6.07) is 8.22. The van der Waals surface area contributed by atoms with Gasteiger partial charge < -0.3 is 17.0 Å². The number of halogens is 1. The molecule has 1 aromatic carbocycles. The maximum absolute atomic E-state index is 3.70. The predicted octanol–water partition coefficient (Wildman–Crippen LogP) is -1.87. The molecule has 0 aliphatic rings. The van der Waals surface area contributed by atoms with Crippen LogP contribution in [0.5, 0.6) is 0 Å². The van der Waals surface area contributed by atoms with E-state index in [0.717, 1.165) is 0 Å². The van der Waals surface area contributed by atoms with Gasteiger partial charge in [-0.05, 0) is 0 Å². The van der Waals surface area contributed by atoms with E-state index in [1.165, 1.54) is 9.26 Å². The molecule has 0 saturated heterocycles. The Morgan fingerprint density at radius 1 is 1.30 bits per heavy atom. The van der Waals surface area contributed by atoms with Crippen LogP contribution in [-0.2, 0) is 0 Å². The Kier molecular flexibility index (Phi) is 5.04. The van der Waals surface area contributed by atoms with Gasteiger partial charge in [0.05, 0.1) is 0 Å². The number of rotatable bonds is 1. The van der Waals surface area contributed by atoms with Crippen LogP contribution in [0, 0.1) is 0 Å². The second kappa shape index (κ2) is 4.94. The van der Waals surface area contributed by atoms with E-state index >= 15 is 0 Å². The zero-order chi connectivity index (χ0) is 6.69. The summed E-state index contributed by atoms with van der Waals surface area (Å²) >= 11 is 1.89. The van der Waals surface area contributed by atoms with E-state index in [1.54, 1.807) is 0 Å². The smallest absolute Gasteiger partial charge is 1.00 e. The van der Waals surface area contributed by atoms with Gasteiger partial charge in [0.2, 0.25) is 0 Å². The molecule has 2 heteroatoms. The Labute approximate surface area is 84.5 Å². The van der Waals surface area contributed by atoms with Crippen molar-refractivity contribution in [1.29, 1.82) is 0 Å². The molecule has 10 heavy (non-hydrogen) atoms. The molecule has 0 aliphatic carbocycles. The van der Waals surface area contributed by atoms with E-state index in [1.807, 2.05) is 39.9 Å². The van der Waals surface area contributed by atoms with Gasteiger partial charge in [-0.1, -0.05) is 0 Å². The van der Waals surface area contributed by atoms with Crippen LogP contribution in [0.25, 0.3) is 6.08 Å². The van der Waals surface area contributed by atoms with E-state index in [-0.39, 0.29) is 17.0 Å². The zero-order valence-electron chi connectivity index (χ0n) is 5.68. The third-order valence-electron chi connectivity index (χ3n) is 1.28. The fourth-order valence-corrected chi connectivity index (χ4v) is 1.13. The molecule has 0 aliphatic heterocycles. The standard InChI is InChI=1S/C8H7.BrH.Mg/c1-2-8-6-4-3-5-7-8;;/h2-6H,1H2;1H;/q;;+1/p-1. The van der Waals surface area contributed by atoms with E-state index in [0.29, 0.717) is 0 Å². The molecule has 0 saturated carbocycles. The van der Waals surface area contributed by atoms with E-state index in [4.69, 9.17) is 0 Å². The third kappa shape index (κ3) is 2.44. The van der Waals surface area contributed by atoms with Gasteiger partial charge in [0.15, 0.2) is 0 Å². The fraction of sp³-hybridized carbons (Fsp3) is 0. The number of hydrogen-bond donors (Lipinski definition) is 0. The number of benzene rings is 1. The van der Waals surface area contributed by atoms with Crippen LogP contribution >= 0.6 is 0 Å². The first-order valence-electron chi connectivity index (χ1n) is 2.88. The Morgan fingerprint density at radius 2 is 1.90 bits per heavy atom. The summed E-state index contributed by atoms with van der Waals surface area (Å²) in [7, 11) is 0. The SMILES string of the molecule is C=Cc1cccc[c]1[Mg+].[Br-]. The summed E-state index contributed by atoms with van der Waals surface area (Å²) in [4.78, 5) is 0. The van der Waals surface area contributed by atoms with Crippen molar-refractivity contribution >= 4 is 31.5 Å². The zero-order valence-corrected chi connectivity index (χ0v) is 8.68. The Morgan fingerprint density at radius 3 is 2.30 bits per heavy atom. The Hall–Kier alpha value is 0.206. The predicted molar refractivity (Wildman–Crippen MR) is 41.9 cm³/mol. The molecule has 1 rings (SSSR count). The molecular formula is C8H7BrMg. The van der Waals surface area contributed by atoms with Gasteiger partial charge in [-0.3, -0.25) is 0 Å². The van der Waals surface area contributed by atoms with Crippen molar-refractivity contribution in [2.24, 2.45) is 0 Å². The summed E-state index contributed by atoms with van der Waals surface area (Å²) in [6.45, 7) is 3.70. The maximum atomic E-state index is 3.70. The average Bonchev–Trinajstić information content (AvgIpc) is 1.89. The third-order valence-corrected chi connectivity index (χ3v) is 1.92. The van der Waals surface area contributed by atoms with E-state index in [2.05, 4.69) is 18.7 Å². The van der Waals surface area contributed by atoms with Crippen molar-refractivity contribution in [1.82, 2.24) is 0 Å². The fourth-order valence-electron chi connectivity index (χ4n) is 0.733. The van der Waals surface area contributed by atoms with Crippen LogP contribution in [0.3, 0.4) is 0 Å². The van der Waals surface area contributed by atoms with E-state index in [9.17, 15) is 0 Å². The summed E-state index contributed by atoms with van der Waals surface area (Å²) in [5.74, 6) is 0. The van der Waals surface area contributed by atoms with Crippen LogP contribution < -0.4 is 20.7 Å². The quantitative estimate of drug-likeness (QED) is 0.473. The van der Waals surface area contributed by atoms with Crippen LogP contribution in [0.2, 0.25) is 0 Å². The molecule has 0 amide bonds. The molecule has 0 unspecified atom stereocenters. The molecule has 0 atom stereocenters. The Balaban J connectivity index is 0.000000810. The maximum Gasteiger partial charge on any atom is -1.00 e. The molecule has 0 radical (unpaired) electrons. The van der Waals surface area contributed by atoms with Crippen LogP contribution in [0.4, 0.5) is 0 Å². The summed E-state index contributed by atoms with van der Waals surface area (Å²) in [5.41, 5.74) is 1.23. The minimum absolute atomic E-state index is 0. The first-order chi connectivity index (χ1) is 4.34. The second-order valence-corrected chi connectivity index (χ2v) is 2.66. The first kappa shape index (κ1) is 10.2. The molecule has 0 spiro atoms. The molecule has 0 aromatic heterocycles. The first-order valence-corrected chi connectivity index (χ1v) is 3.58. The van der Waals surface area contributed by atoms with Gasteiger partial charge >= 0.3 is 67.9 Å². The Bertz CT molecular complexity index is 220. The largest absolute Gasteiger partial charge is 1.00 e. The minimum atomic E-state index is 0. The summed E-state index contributed by atoms with van der Waals surface area (Å²) in [5, 5.41) is 0. The van der Waals surface area contributed by atoms with Crippen molar-refractivity contribution in [3.63, 3.8) is 0 Å². The van der Waals surface area contributed by atoms with Crippen LogP contribution in [-0.4, -0.2) is 21.7 Å². The van der Waals surface area contributed by atoms with Crippen molar-refractivity contribution in [2.45, 2.75) is 0 Å². The van der Waals surface area contributed by atoms with Gasteiger partial charge in [-0.25, -0.2) is 0 Å². The van der Waals surface area contributed by atoms with Crippen molar-refractivity contribution in [3.05, 3.63) is 36.4 Å². The topological polar surface area (TPSA) is 0 Å². The van der Waals surface area contributed by atoms with Crippen LogP contribution in [0.15, 0.2) is 30.8 Å². The normalized spacial score (nSPS) is 8.20. The summed E-state index contributed by atoms with van der Waals surface area (Å²) < 4.78 is 1.31. The van der Waals surface area contributed by atoms with E-state index < -0.39 is 0 Å². The number of hydrogen-bond acceptors (Lipinski definition) is 0. The van der Waals surface area contributed by atoms with Crippen LogP contribution in [0.1, 0.15) is 5.56 Å². The molecule has 48 valence electrons. The minimum Gasteiger partial charge on any atom is -1.00 e. The second-order valence-electron chi connectivity index (χ2n) is 1.90. The molecule has 0 N–H and O–H groups in total. The van der Waals surface area contributed by atoms with Crippen molar-refractivity contribution in [3.8, 4) is 0 Å². The van der Waals surface area contributed by atoms with Crippen molar-refractivity contribution < 1.29 is 17.0 Å². The molecular weight excluding hydrogens is 200 g/mol. The average molecular weight is 207 g/mol. The molecule has 1 aromatic rings. The molecule has 0 heterocycles. The van der Waals surface area contributed by atoms with Gasteiger partial charge in [-0.15, -0.1) is 0 Å². The molecule has 0 fully saturated rings.